The van der Waals surface area contributed by atoms with Gasteiger partial charge in [-0.15, -0.1) is 0 Å². The Hall–Kier alpha value is -2.18. The highest BCUT2D eigenvalue weighted by atomic mass is 16.5. The lowest BCUT2D eigenvalue weighted by Crippen LogP contribution is -1.89. The molecule has 0 bridgehead atoms. The van der Waals surface area contributed by atoms with Crippen LogP contribution in [0, 0.1) is 11.8 Å². The van der Waals surface area contributed by atoms with Gasteiger partial charge in [-0.2, -0.15) is 0 Å². The SMILES string of the molecule is COc1cccc(C#CCN=[N+]=[N-])n1. The van der Waals surface area contributed by atoms with Gasteiger partial charge >= 0.3 is 0 Å². The standard InChI is InChI=1S/C9H8N4O/c1-14-9-6-2-4-8(12-9)5-3-7-11-13-10/h2,4,6H,7H2,1H3. The molecule has 5 heteroatoms. The van der Waals surface area contributed by atoms with E-state index in [9.17, 15) is 0 Å². The number of hydrogen-bond acceptors (Lipinski definition) is 3. The first-order valence-corrected chi connectivity index (χ1v) is 3.87. The van der Waals surface area contributed by atoms with Gasteiger partial charge in [0.25, 0.3) is 0 Å². The Balaban J connectivity index is 2.73. The molecule has 14 heavy (non-hydrogen) atoms. The van der Waals surface area contributed by atoms with Crippen LogP contribution in [0.15, 0.2) is 23.3 Å². The summed E-state index contributed by atoms with van der Waals surface area (Å²) in [6, 6.07) is 5.29. The van der Waals surface area contributed by atoms with Crippen molar-refractivity contribution in [3.63, 3.8) is 0 Å². The smallest absolute Gasteiger partial charge is 0.214 e. The molecule has 0 saturated heterocycles. The Bertz CT molecular complexity index is 412. The molecular weight excluding hydrogens is 180 g/mol. The first-order chi connectivity index (χ1) is 6.86. The molecule has 5 nitrogen and oxygen atoms in total. The third kappa shape index (κ3) is 3.05. The summed E-state index contributed by atoms with van der Waals surface area (Å²) in [5.41, 5.74) is 8.60. The Kier molecular flexibility index (Phi) is 3.86. The first kappa shape index (κ1) is 9.90. The van der Waals surface area contributed by atoms with Gasteiger partial charge in [-0.05, 0) is 17.5 Å². The third-order valence-electron chi connectivity index (χ3n) is 1.36. The van der Waals surface area contributed by atoms with E-state index in [0.29, 0.717) is 11.6 Å². The minimum Gasteiger partial charge on any atom is -0.481 e. The maximum atomic E-state index is 8.00. The molecule has 0 unspecified atom stereocenters. The zero-order valence-electron chi connectivity index (χ0n) is 7.64. The van der Waals surface area contributed by atoms with Crippen molar-refractivity contribution in [1.29, 1.82) is 0 Å². The van der Waals surface area contributed by atoms with E-state index < -0.39 is 0 Å². The first-order valence-electron chi connectivity index (χ1n) is 3.87. The molecule has 0 radical (unpaired) electrons. The maximum Gasteiger partial charge on any atom is 0.214 e. The lowest BCUT2D eigenvalue weighted by molar-refractivity contribution is 0.397. The molecule has 0 aliphatic heterocycles. The van der Waals surface area contributed by atoms with Gasteiger partial charge in [-0.3, -0.25) is 0 Å². The van der Waals surface area contributed by atoms with Gasteiger partial charge in [-0.1, -0.05) is 17.1 Å². The molecule has 1 aromatic rings. The summed E-state index contributed by atoms with van der Waals surface area (Å²) in [6.07, 6.45) is 0. The minimum atomic E-state index is 0.148. The van der Waals surface area contributed by atoms with Crippen LogP contribution in [0.25, 0.3) is 10.4 Å². The predicted molar refractivity (Wildman–Crippen MR) is 51.7 cm³/mol. The summed E-state index contributed by atoms with van der Waals surface area (Å²) in [5.74, 6) is 5.93. The molecule has 0 fully saturated rings. The van der Waals surface area contributed by atoms with E-state index in [2.05, 4.69) is 26.9 Å². The van der Waals surface area contributed by atoms with E-state index in [0.717, 1.165) is 0 Å². The van der Waals surface area contributed by atoms with Gasteiger partial charge in [0, 0.05) is 11.0 Å². The van der Waals surface area contributed by atoms with E-state index in [1.807, 2.05) is 0 Å². The van der Waals surface area contributed by atoms with E-state index in [-0.39, 0.29) is 6.54 Å². The molecule has 0 aromatic carbocycles. The average molecular weight is 188 g/mol. The number of rotatable bonds is 2. The summed E-state index contributed by atoms with van der Waals surface area (Å²) in [4.78, 5) is 6.64. The van der Waals surface area contributed by atoms with Gasteiger partial charge in [0.05, 0.1) is 13.7 Å². The van der Waals surface area contributed by atoms with Crippen LogP contribution < -0.4 is 4.74 Å². The highest BCUT2D eigenvalue weighted by Gasteiger charge is 1.91. The summed E-state index contributed by atoms with van der Waals surface area (Å²) < 4.78 is 4.92. The van der Waals surface area contributed by atoms with Crippen LogP contribution in [0.1, 0.15) is 5.69 Å². The summed E-state index contributed by atoms with van der Waals surface area (Å²) in [6.45, 7) is 0.148. The molecule has 0 N–H and O–H groups in total. The molecule has 70 valence electrons. The quantitative estimate of drug-likeness (QED) is 0.307. The zero-order valence-corrected chi connectivity index (χ0v) is 7.64. The molecule has 1 aromatic heterocycles. The van der Waals surface area contributed by atoms with Crippen molar-refractivity contribution in [2.24, 2.45) is 5.11 Å². The maximum absolute atomic E-state index is 8.00. The number of pyridine rings is 1. The van der Waals surface area contributed by atoms with Gasteiger partial charge in [-0.25, -0.2) is 4.98 Å². The van der Waals surface area contributed by atoms with Crippen molar-refractivity contribution in [2.75, 3.05) is 13.7 Å². The second kappa shape index (κ2) is 5.46. The second-order valence-corrected chi connectivity index (χ2v) is 2.26. The largest absolute Gasteiger partial charge is 0.481 e. The van der Waals surface area contributed by atoms with Gasteiger partial charge in [0.15, 0.2) is 0 Å². The number of hydrogen-bond donors (Lipinski definition) is 0. The number of ether oxygens (including phenoxy) is 1. The predicted octanol–water partition coefficient (Wildman–Crippen LogP) is 1.75. The third-order valence-corrected chi connectivity index (χ3v) is 1.36. The fourth-order valence-corrected chi connectivity index (χ4v) is 0.795. The molecule has 0 aliphatic carbocycles. The normalized spacial score (nSPS) is 8.07. The average Bonchev–Trinajstić information content (AvgIpc) is 2.25. The van der Waals surface area contributed by atoms with E-state index in [1.165, 1.54) is 0 Å². The van der Waals surface area contributed by atoms with Crippen LogP contribution in [0.2, 0.25) is 0 Å². The van der Waals surface area contributed by atoms with Gasteiger partial charge in [0.1, 0.15) is 5.69 Å². The van der Waals surface area contributed by atoms with Crippen molar-refractivity contribution >= 4 is 0 Å². The van der Waals surface area contributed by atoms with Crippen molar-refractivity contribution in [3.05, 3.63) is 34.3 Å². The highest BCUT2D eigenvalue weighted by molar-refractivity contribution is 5.30. The van der Waals surface area contributed by atoms with E-state index in [4.69, 9.17) is 10.3 Å². The molecule has 0 spiro atoms. The van der Waals surface area contributed by atoms with Crippen molar-refractivity contribution in [1.82, 2.24) is 4.98 Å². The molecule has 0 atom stereocenters. The van der Waals surface area contributed by atoms with Gasteiger partial charge in [0.2, 0.25) is 5.88 Å². The molecule has 1 heterocycles. The van der Waals surface area contributed by atoms with E-state index in [1.54, 1.807) is 25.3 Å². The molecule has 0 amide bonds. The lowest BCUT2D eigenvalue weighted by Gasteiger charge is -1.96. The number of methoxy groups -OCH3 is 1. The Morgan fingerprint density at radius 2 is 2.50 bits per heavy atom. The van der Waals surface area contributed by atoms with Crippen LogP contribution in [-0.2, 0) is 0 Å². The van der Waals surface area contributed by atoms with Crippen molar-refractivity contribution in [3.8, 4) is 17.7 Å². The lowest BCUT2D eigenvalue weighted by atomic mass is 10.3. The molecule has 0 aliphatic rings. The number of nitrogens with zero attached hydrogens (tertiary/aromatic N) is 4. The Morgan fingerprint density at radius 1 is 1.64 bits per heavy atom. The second-order valence-electron chi connectivity index (χ2n) is 2.26. The Morgan fingerprint density at radius 3 is 3.21 bits per heavy atom. The highest BCUT2D eigenvalue weighted by Crippen LogP contribution is 2.04. The summed E-state index contributed by atoms with van der Waals surface area (Å²) in [7, 11) is 1.54. The minimum absolute atomic E-state index is 0.148. The number of aromatic nitrogens is 1. The molecular formula is C9H8N4O. The molecule has 1 rings (SSSR count). The molecule has 0 saturated carbocycles. The van der Waals surface area contributed by atoms with Gasteiger partial charge < -0.3 is 4.74 Å². The summed E-state index contributed by atoms with van der Waals surface area (Å²) in [5, 5.41) is 3.28. The van der Waals surface area contributed by atoms with Crippen molar-refractivity contribution < 1.29 is 4.74 Å². The van der Waals surface area contributed by atoms with Crippen LogP contribution in [0.5, 0.6) is 5.88 Å². The topological polar surface area (TPSA) is 70.9 Å². The fourth-order valence-electron chi connectivity index (χ4n) is 0.795. The van der Waals surface area contributed by atoms with Crippen LogP contribution in [0.4, 0.5) is 0 Å². The monoisotopic (exact) mass is 188 g/mol. The van der Waals surface area contributed by atoms with Crippen LogP contribution in [-0.4, -0.2) is 18.6 Å². The van der Waals surface area contributed by atoms with E-state index >= 15 is 0 Å². The van der Waals surface area contributed by atoms with Crippen LogP contribution in [0.3, 0.4) is 0 Å². The van der Waals surface area contributed by atoms with Crippen LogP contribution >= 0.6 is 0 Å². The van der Waals surface area contributed by atoms with Crippen molar-refractivity contribution in [2.45, 2.75) is 0 Å². The zero-order chi connectivity index (χ0) is 10.2. The fraction of sp³-hybridized carbons (Fsp3) is 0.222. The Labute approximate surface area is 81.4 Å². The summed E-state index contributed by atoms with van der Waals surface area (Å²) >= 11 is 0. The number of azide groups is 1.